The van der Waals surface area contributed by atoms with Crippen LogP contribution in [0.3, 0.4) is 0 Å². The van der Waals surface area contributed by atoms with Gasteiger partial charge in [-0.25, -0.2) is 0 Å². The Labute approximate surface area is 96.6 Å². The molecule has 0 radical (unpaired) electrons. The lowest BCUT2D eigenvalue weighted by atomic mass is 10.0. The van der Waals surface area contributed by atoms with Crippen molar-refractivity contribution in [3.05, 3.63) is 0 Å². The number of nitrogens with one attached hydrogen (secondary N) is 2. The van der Waals surface area contributed by atoms with Crippen molar-refractivity contribution in [2.45, 2.75) is 32.4 Å². The Morgan fingerprint density at radius 3 is 3.00 bits per heavy atom. The number of aliphatic hydroxyl groups excluding tert-OH is 1. The number of hydrogen-bond donors (Lipinski definition) is 3. The predicted molar refractivity (Wildman–Crippen MR) is 61.1 cm³/mol. The fourth-order valence-corrected chi connectivity index (χ4v) is 1.54. The van der Waals surface area contributed by atoms with Gasteiger partial charge in [-0.3, -0.25) is 4.79 Å². The SMILES string of the molecule is CCC(C)C(O)CNC(=O)C1COCCN1. The molecule has 0 spiro atoms. The summed E-state index contributed by atoms with van der Waals surface area (Å²) in [7, 11) is 0. The topological polar surface area (TPSA) is 70.6 Å². The summed E-state index contributed by atoms with van der Waals surface area (Å²) in [6.07, 6.45) is 0.431. The standard InChI is InChI=1S/C11H22N2O3/c1-3-8(2)10(14)6-13-11(15)9-7-16-5-4-12-9/h8-10,12,14H,3-7H2,1-2H3,(H,13,15). The van der Waals surface area contributed by atoms with Gasteiger partial charge in [0.2, 0.25) is 5.91 Å². The van der Waals surface area contributed by atoms with E-state index in [-0.39, 0.29) is 17.9 Å². The normalized spacial score (nSPS) is 24.8. The maximum atomic E-state index is 11.6. The van der Waals surface area contributed by atoms with E-state index in [1.165, 1.54) is 0 Å². The van der Waals surface area contributed by atoms with E-state index >= 15 is 0 Å². The van der Waals surface area contributed by atoms with Crippen LogP contribution >= 0.6 is 0 Å². The van der Waals surface area contributed by atoms with Crippen molar-refractivity contribution in [1.82, 2.24) is 10.6 Å². The van der Waals surface area contributed by atoms with Gasteiger partial charge in [0, 0.05) is 13.1 Å². The summed E-state index contributed by atoms with van der Waals surface area (Å²) in [6.45, 7) is 6.06. The minimum atomic E-state index is -0.474. The summed E-state index contributed by atoms with van der Waals surface area (Å²) in [4.78, 5) is 11.6. The van der Waals surface area contributed by atoms with Crippen LogP contribution in [0.25, 0.3) is 0 Å². The van der Waals surface area contributed by atoms with Gasteiger partial charge in [0.25, 0.3) is 0 Å². The molecule has 5 heteroatoms. The number of carbonyl (C=O) groups excluding carboxylic acids is 1. The van der Waals surface area contributed by atoms with Crippen molar-refractivity contribution in [3.63, 3.8) is 0 Å². The first kappa shape index (κ1) is 13.4. The van der Waals surface area contributed by atoms with Crippen molar-refractivity contribution in [3.8, 4) is 0 Å². The number of carbonyl (C=O) groups is 1. The van der Waals surface area contributed by atoms with Crippen LogP contribution < -0.4 is 10.6 Å². The average Bonchev–Trinajstić information content (AvgIpc) is 2.35. The van der Waals surface area contributed by atoms with Gasteiger partial charge in [-0.1, -0.05) is 20.3 Å². The van der Waals surface area contributed by atoms with Gasteiger partial charge in [-0.15, -0.1) is 0 Å². The molecule has 0 bridgehead atoms. The summed E-state index contributed by atoms with van der Waals surface area (Å²) in [5.41, 5.74) is 0. The van der Waals surface area contributed by atoms with Crippen LogP contribution in [0.5, 0.6) is 0 Å². The second-order valence-electron chi connectivity index (χ2n) is 4.28. The highest BCUT2D eigenvalue weighted by Gasteiger charge is 2.22. The van der Waals surface area contributed by atoms with Crippen molar-refractivity contribution in [2.75, 3.05) is 26.3 Å². The van der Waals surface area contributed by atoms with Gasteiger partial charge >= 0.3 is 0 Å². The van der Waals surface area contributed by atoms with Crippen molar-refractivity contribution in [1.29, 1.82) is 0 Å². The van der Waals surface area contributed by atoms with Crippen molar-refractivity contribution in [2.24, 2.45) is 5.92 Å². The van der Waals surface area contributed by atoms with E-state index in [9.17, 15) is 9.90 Å². The zero-order chi connectivity index (χ0) is 12.0. The highest BCUT2D eigenvalue weighted by molar-refractivity contribution is 5.81. The minimum absolute atomic E-state index is 0.0953. The first-order valence-corrected chi connectivity index (χ1v) is 5.92. The Morgan fingerprint density at radius 2 is 2.44 bits per heavy atom. The molecule has 0 aromatic rings. The lowest BCUT2D eigenvalue weighted by Gasteiger charge is -2.24. The fraction of sp³-hybridized carbons (Fsp3) is 0.909. The molecule has 1 aliphatic rings. The molecule has 1 heterocycles. The maximum Gasteiger partial charge on any atom is 0.239 e. The third-order valence-electron chi connectivity index (χ3n) is 3.02. The monoisotopic (exact) mass is 230 g/mol. The van der Waals surface area contributed by atoms with E-state index in [0.717, 1.165) is 6.42 Å². The first-order chi connectivity index (χ1) is 7.65. The van der Waals surface area contributed by atoms with Crippen LogP contribution in [0, 0.1) is 5.92 Å². The van der Waals surface area contributed by atoms with E-state index in [2.05, 4.69) is 10.6 Å². The summed E-state index contributed by atoms with van der Waals surface area (Å²) in [5.74, 6) is 0.109. The Hall–Kier alpha value is -0.650. The molecule has 1 saturated heterocycles. The Bertz CT molecular complexity index is 217. The van der Waals surface area contributed by atoms with Gasteiger partial charge in [0.15, 0.2) is 0 Å². The molecule has 1 fully saturated rings. The van der Waals surface area contributed by atoms with Gasteiger partial charge in [0.1, 0.15) is 6.04 Å². The van der Waals surface area contributed by atoms with Crippen LogP contribution in [0.1, 0.15) is 20.3 Å². The highest BCUT2D eigenvalue weighted by Crippen LogP contribution is 2.06. The van der Waals surface area contributed by atoms with Crippen LogP contribution in [0.2, 0.25) is 0 Å². The minimum Gasteiger partial charge on any atom is -0.391 e. The lowest BCUT2D eigenvalue weighted by molar-refractivity contribution is -0.126. The quantitative estimate of drug-likeness (QED) is 0.595. The molecule has 5 nitrogen and oxygen atoms in total. The molecule has 3 N–H and O–H groups in total. The molecule has 0 saturated carbocycles. The molecule has 1 aliphatic heterocycles. The largest absolute Gasteiger partial charge is 0.391 e. The second kappa shape index (κ2) is 6.83. The summed E-state index contributed by atoms with van der Waals surface area (Å²) >= 11 is 0. The molecule has 0 aromatic carbocycles. The van der Waals surface area contributed by atoms with E-state index in [1.54, 1.807) is 0 Å². The van der Waals surface area contributed by atoms with Gasteiger partial charge < -0.3 is 20.5 Å². The molecule has 1 amide bonds. The predicted octanol–water partition coefficient (Wildman–Crippen LogP) is -0.502. The van der Waals surface area contributed by atoms with Gasteiger partial charge in [-0.05, 0) is 5.92 Å². The third-order valence-corrected chi connectivity index (χ3v) is 3.02. The number of morpholine rings is 1. The van der Waals surface area contributed by atoms with E-state index < -0.39 is 6.10 Å². The van der Waals surface area contributed by atoms with E-state index in [0.29, 0.717) is 26.3 Å². The van der Waals surface area contributed by atoms with E-state index in [4.69, 9.17) is 4.74 Å². The molecule has 0 aliphatic carbocycles. The summed E-state index contributed by atoms with van der Waals surface area (Å²) in [5, 5.41) is 15.5. The Kier molecular flexibility index (Phi) is 5.73. The lowest BCUT2D eigenvalue weighted by Crippen LogP contribution is -2.52. The zero-order valence-corrected chi connectivity index (χ0v) is 10.0. The molecule has 3 atom stereocenters. The fourth-order valence-electron chi connectivity index (χ4n) is 1.54. The summed E-state index contributed by atoms with van der Waals surface area (Å²) in [6, 6.07) is -0.280. The second-order valence-corrected chi connectivity index (χ2v) is 4.28. The molecule has 3 unspecified atom stereocenters. The van der Waals surface area contributed by atoms with Crippen molar-refractivity contribution < 1.29 is 14.6 Å². The Morgan fingerprint density at radius 1 is 1.69 bits per heavy atom. The van der Waals surface area contributed by atoms with Gasteiger partial charge in [-0.2, -0.15) is 0 Å². The number of aliphatic hydroxyl groups is 1. The number of rotatable bonds is 5. The Balaban J connectivity index is 2.23. The highest BCUT2D eigenvalue weighted by atomic mass is 16.5. The molecule has 0 aromatic heterocycles. The van der Waals surface area contributed by atoms with Crippen LogP contribution in [0.4, 0.5) is 0 Å². The van der Waals surface area contributed by atoms with Crippen LogP contribution in [-0.2, 0) is 9.53 Å². The average molecular weight is 230 g/mol. The maximum absolute atomic E-state index is 11.6. The summed E-state index contributed by atoms with van der Waals surface area (Å²) < 4.78 is 5.19. The molecule has 94 valence electrons. The van der Waals surface area contributed by atoms with Crippen LogP contribution in [-0.4, -0.2) is 49.5 Å². The zero-order valence-electron chi connectivity index (χ0n) is 10.0. The van der Waals surface area contributed by atoms with Crippen LogP contribution in [0.15, 0.2) is 0 Å². The van der Waals surface area contributed by atoms with Gasteiger partial charge in [0.05, 0.1) is 19.3 Å². The number of ether oxygens (including phenoxy) is 1. The molecule has 16 heavy (non-hydrogen) atoms. The first-order valence-electron chi connectivity index (χ1n) is 5.92. The van der Waals surface area contributed by atoms with E-state index in [1.807, 2.05) is 13.8 Å². The van der Waals surface area contributed by atoms with Crippen molar-refractivity contribution >= 4 is 5.91 Å². The molecular weight excluding hydrogens is 208 g/mol. The number of hydrogen-bond acceptors (Lipinski definition) is 4. The number of amides is 1. The smallest absolute Gasteiger partial charge is 0.239 e. The third kappa shape index (κ3) is 4.08. The molecular formula is C11H22N2O3. The molecule has 1 rings (SSSR count).